The SMILES string of the molecule is CC(C)OCCS(=O)(=O)NCC(=O)N[C@H](C)C(=O)O. The van der Waals surface area contributed by atoms with E-state index in [2.05, 4.69) is 10.0 Å². The third-order valence-corrected chi connectivity index (χ3v) is 3.29. The zero-order valence-electron chi connectivity index (χ0n) is 11.2. The number of hydrogen-bond donors (Lipinski definition) is 3. The Morgan fingerprint density at radius 1 is 1.26 bits per heavy atom. The zero-order valence-corrected chi connectivity index (χ0v) is 12.0. The summed E-state index contributed by atoms with van der Waals surface area (Å²) in [5.74, 6) is -2.16. The minimum absolute atomic E-state index is 0.0279. The minimum Gasteiger partial charge on any atom is -0.480 e. The maximum Gasteiger partial charge on any atom is 0.325 e. The molecule has 0 bridgehead atoms. The van der Waals surface area contributed by atoms with Crippen molar-refractivity contribution in [3.05, 3.63) is 0 Å². The molecule has 0 aromatic rings. The summed E-state index contributed by atoms with van der Waals surface area (Å²) in [6.07, 6.45) is -0.0742. The molecular weight excluding hydrogens is 276 g/mol. The molecule has 0 aromatic carbocycles. The Labute approximate surface area is 112 Å². The van der Waals surface area contributed by atoms with Gasteiger partial charge in [-0.2, -0.15) is 0 Å². The largest absolute Gasteiger partial charge is 0.480 e. The van der Waals surface area contributed by atoms with E-state index in [4.69, 9.17) is 9.84 Å². The molecule has 0 aliphatic carbocycles. The number of nitrogens with one attached hydrogen (secondary N) is 2. The summed E-state index contributed by atoms with van der Waals surface area (Å²) in [6.45, 7) is 4.37. The van der Waals surface area contributed by atoms with Gasteiger partial charge >= 0.3 is 5.97 Å². The van der Waals surface area contributed by atoms with E-state index >= 15 is 0 Å². The van der Waals surface area contributed by atoms with Gasteiger partial charge < -0.3 is 15.2 Å². The second kappa shape index (κ2) is 8.08. The molecule has 0 heterocycles. The van der Waals surface area contributed by atoms with Crippen LogP contribution in [0.5, 0.6) is 0 Å². The fourth-order valence-corrected chi connectivity index (χ4v) is 1.81. The number of sulfonamides is 1. The Kier molecular flexibility index (Phi) is 7.57. The van der Waals surface area contributed by atoms with Crippen molar-refractivity contribution in [3.8, 4) is 0 Å². The van der Waals surface area contributed by atoms with Gasteiger partial charge in [0.05, 0.1) is 25.0 Å². The van der Waals surface area contributed by atoms with Crippen LogP contribution >= 0.6 is 0 Å². The number of carboxylic acid groups (broad SMARTS) is 1. The molecule has 8 nitrogen and oxygen atoms in total. The molecule has 19 heavy (non-hydrogen) atoms. The second-order valence-electron chi connectivity index (χ2n) is 4.19. The molecule has 9 heteroatoms. The lowest BCUT2D eigenvalue weighted by Gasteiger charge is -2.11. The number of rotatable bonds is 9. The normalized spacial score (nSPS) is 13.3. The third-order valence-electron chi connectivity index (χ3n) is 2.00. The van der Waals surface area contributed by atoms with Crippen molar-refractivity contribution >= 4 is 21.9 Å². The van der Waals surface area contributed by atoms with Gasteiger partial charge in [0, 0.05) is 0 Å². The molecule has 1 atom stereocenters. The van der Waals surface area contributed by atoms with E-state index < -0.39 is 34.5 Å². The predicted octanol–water partition coefficient (Wildman–Crippen LogP) is -1.08. The average molecular weight is 296 g/mol. The quantitative estimate of drug-likeness (QED) is 0.497. The van der Waals surface area contributed by atoms with E-state index in [1.165, 1.54) is 6.92 Å². The van der Waals surface area contributed by atoms with Gasteiger partial charge in [-0.15, -0.1) is 0 Å². The molecular formula is C10H20N2O6S. The maximum atomic E-state index is 11.4. The maximum absolute atomic E-state index is 11.4. The molecule has 0 fully saturated rings. The van der Waals surface area contributed by atoms with Crippen LogP contribution in [0.25, 0.3) is 0 Å². The predicted molar refractivity (Wildman–Crippen MR) is 68.1 cm³/mol. The van der Waals surface area contributed by atoms with E-state index in [9.17, 15) is 18.0 Å². The smallest absolute Gasteiger partial charge is 0.325 e. The van der Waals surface area contributed by atoms with Gasteiger partial charge in [-0.1, -0.05) is 0 Å². The fourth-order valence-electron chi connectivity index (χ4n) is 0.995. The van der Waals surface area contributed by atoms with Crippen LogP contribution < -0.4 is 10.0 Å². The second-order valence-corrected chi connectivity index (χ2v) is 6.11. The van der Waals surface area contributed by atoms with E-state index in [0.717, 1.165) is 0 Å². The molecule has 0 rings (SSSR count). The number of carbonyl (C=O) groups excluding carboxylic acids is 1. The summed E-state index contributed by atoms with van der Waals surface area (Å²) in [6, 6.07) is -1.07. The van der Waals surface area contributed by atoms with Gasteiger partial charge in [0.25, 0.3) is 0 Å². The van der Waals surface area contributed by atoms with Crippen molar-refractivity contribution in [1.29, 1.82) is 0 Å². The first-order valence-electron chi connectivity index (χ1n) is 5.75. The van der Waals surface area contributed by atoms with Crippen molar-refractivity contribution in [2.75, 3.05) is 18.9 Å². The molecule has 3 N–H and O–H groups in total. The van der Waals surface area contributed by atoms with E-state index in [1.54, 1.807) is 13.8 Å². The Bertz CT molecular complexity index is 406. The minimum atomic E-state index is -3.61. The number of hydrogen-bond acceptors (Lipinski definition) is 5. The third kappa shape index (κ3) is 9.40. The summed E-state index contributed by atoms with van der Waals surface area (Å²) in [7, 11) is -3.61. The van der Waals surface area contributed by atoms with Crippen LogP contribution in [0.1, 0.15) is 20.8 Å². The summed E-state index contributed by atoms with van der Waals surface area (Å²) < 4.78 is 30.0. The van der Waals surface area contributed by atoms with Crippen molar-refractivity contribution in [2.24, 2.45) is 0 Å². The number of ether oxygens (including phenoxy) is 1. The van der Waals surface area contributed by atoms with Crippen LogP contribution in [-0.2, 0) is 24.3 Å². The molecule has 1 amide bonds. The van der Waals surface area contributed by atoms with Gasteiger partial charge in [0.2, 0.25) is 15.9 Å². The van der Waals surface area contributed by atoms with Crippen LogP contribution in [0.4, 0.5) is 0 Å². The molecule has 0 aromatic heterocycles. The summed E-state index contributed by atoms with van der Waals surface area (Å²) >= 11 is 0. The topological polar surface area (TPSA) is 122 Å². The van der Waals surface area contributed by atoms with Crippen molar-refractivity contribution < 1.29 is 27.9 Å². The summed E-state index contributed by atoms with van der Waals surface area (Å²) in [5.41, 5.74) is 0. The molecule has 0 aliphatic heterocycles. The lowest BCUT2D eigenvalue weighted by atomic mass is 10.3. The molecule has 0 unspecified atom stereocenters. The highest BCUT2D eigenvalue weighted by Gasteiger charge is 2.16. The Morgan fingerprint density at radius 3 is 2.32 bits per heavy atom. The number of carbonyl (C=O) groups is 2. The van der Waals surface area contributed by atoms with Gasteiger partial charge in [0.1, 0.15) is 6.04 Å². The monoisotopic (exact) mass is 296 g/mol. The Hall–Kier alpha value is -1.19. The van der Waals surface area contributed by atoms with Crippen LogP contribution in [0.3, 0.4) is 0 Å². The van der Waals surface area contributed by atoms with Gasteiger partial charge in [-0.05, 0) is 20.8 Å². The number of carboxylic acids is 1. The highest BCUT2D eigenvalue weighted by Crippen LogP contribution is 1.91. The van der Waals surface area contributed by atoms with Crippen LogP contribution in [-0.4, -0.2) is 56.5 Å². The van der Waals surface area contributed by atoms with Crippen LogP contribution in [0, 0.1) is 0 Å². The highest BCUT2D eigenvalue weighted by molar-refractivity contribution is 7.89. The first-order valence-corrected chi connectivity index (χ1v) is 7.40. The molecule has 0 saturated carbocycles. The fraction of sp³-hybridized carbons (Fsp3) is 0.800. The molecule has 0 spiro atoms. The first-order chi connectivity index (χ1) is 8.64. The van der Waals surface area contributed by atoms with Crippen molar-refractivity contribution in [2.45, 2.75) is 32.9 Å². The van der Waals surface area contributed by atoms with Crippen LogP contribution in [0.2, 0.25) is 0 Å². The Balaban J connectivity index is 4.03. The molecule has 0 saturated heterocycles. The van der Waals surface area contributed by atoms with Crippen molar-refractivity contribution in [1.82, 2.24) is 10.0 Å². The van der Waals surface area contributed by atoms with E-state index in [-0.39, 0.29) is 18.5 Å². The lowest BCUT2D eigenvalue weighted by Crippen LogP contribution is -2.44. The van der Waals surface area contributed by atoms with E-state index in [1.807, 2.05) is 0 Å². The van der Waals surface area contributed by atoms with E-state index in [0.29, 0.717) is 0 Å². The van der Waals surface area contributed by atoms with Gasteiger partial charge in [-0.3, -0.25) is 9.59 Å². The molecule has 0 radical (unpaired) electrons. The number of amides is 1. The molecule has 0 aliphatic rings. The highest BCUT2D eigenvalue weighted by atomic mass is 32.2. The average Bonchev–Trinajstić information content (AvgIpc) is 2.25. The standard InChI is InChI=1S/C10H20N2O6S/c1-7(2)18-4-5-19(16,17)11-6-9(13)12-8(3)10(14)15/h7-8,11H,4-6H2,1-3H3,(H,12,13)(H,14,15)/t8-/m1/s1. The van der Waals surface area contributed by atoms with Crippen molar-refractivity contribution in [3.63, 3.8) is 0 Å². The first kappa shape index (κ1) is 17.8. The lowest BCUT2D eigenvalue weighted by molar-refractivity contribution is -0.141. The van der Waals surface area contributed by atoms with Crippen LogP contribution in [0.15, 0.2) is 0 Å². The summed E-state index contributed by atoms with van der Waals surface area (Å²) in [5, 5.41) is 10.7. The van der Waals surface area contributed by atoms with Gasteiger partial charge in [0.15, 0.2) is 0 Å². The summed E-state index contributed by atoms with van der Waals surface area (Å²) in [4.78, 5) is 21.7. The van der Waals surface area contributed by atoms with Gasteiger partial charge in [-0.25, -0.2) is 13.1 Å². The number of aliphatic carboxylic acids is 1. The zero-order chi connectivity index (χ0) is 15.1. The Morgan fingerprint density at radius 2 is 1.84 bits per heavy atom. The molecule has 112 valence electrons.